The van der Waals surface area contributed by atoms with Crippen molar-refractivity contribution in [1.82, 2.24) is 5.32 Å². The zero-order valence-corrected chi connectivity index (χ0v) is 9.51. The van der Waals surface area contributed by atoms with Crippen LogP contribution in [-0.4, -0.2) is 5.49 Å². The van der Waals surface area contributed by atoms with Crippen LogP contribution >= 0.6 is 28.1 Å². The lowest BCUT2D eigenvalue weighted by molar-refractivity contribution is 0.596. The molecule has 13 heavy (non-hydrogen) atoms. The minimum Gasteiger partial charge on any atom is -0.378 e. The molecule has 4 heteroatoms. The largest absolute Gasteiger partial charge is 0.378 e. The molecule has 0 aliphatic carbocycles. The fourth-order valence-electron chi connectivity index (χ4n) is 1.02. The summed E-state index contributed by atoms with van der Waals surface area (Å²) in [6, 6.07) is 3.57. The fraction of sp³-hybridized carbons (Fsp3) is 0.222. The van der Waals surface area contributed by atoms with Crippen LogP contribution in [-0.2, 0) is 6.54 Å². The molecule has 0 saturated carbocycles. The molecule has 0 saturated heterocycles. The monoisotopic (exact) mass is 261 g/mol. The highest BCUT2D eigenvalue weighted by atomic mass is 79.9. The Labute approximate surface area is 90.5 Å². The summed E-state index contributed by atoms with van der Waals surface area (Å²) in [5.41, 5.74) is 2.64. The minimum atomic E-state index is -0.182. The number of hydrogen-bond acceptors (Lipinski definition) is 1. The quantitative estimate of drug-likeness (QED) is 0.840. The zero-order valence-electron chi connectivity index (χ0n) is 7.10. The lowest BCUT2D eigenvalue weighted by atomic mass is 10.1. The third kappa shape index (κ3) is 2.48. The number of hydrogen-bond donors (Lipinski definition) is 1. The molecule has 1 aromatic carbocycles. The predicted octanol–water partition coefficient (Wildman–Crippen LogP) is 2.94. The number of benzene rings is 1. The summed E-state index contributed by atoms with van der Waals surface area (Å²) in [5.74, 6) is -0.182. The highest BCUT2D eigenvalue weighted by Crippen LogP contribution is 2.22. The van der Waals surface area contributed by atoms with E-state index in [1.54, 1.807) is 13.0 Å². The van der Waals surface area contributed by atoms with Gasteiger partial charge in [-0.2, -0.15) is 0 Å². The molecule has 70 valence electrons. The Morgan fingerprint density at radius 1 is 1.62 bits per heavy atom. The Kier molecular flexibility index (Phi) is 3.81. The van der Waals surface area contributed by atoms with Gasteiger partial charge < -0.3 is 5.32 Å². The highest BCUT2D eigenvalue weighted by molar-refractivity contribution is 9.10. The van der Waals surface area contributed by atoms with E-state index in [4.69, 9.17) is 0 Å². The average Bonchev–Trinajstić information content (AvgIpc) is 2.12. The molecule has 0 heterocycles. The molecular weight excluding hydrogens is 253 g/mol. The van der Waals surface area contributed by atoms with E-state index < -0.39 is 0 Å². The maximum atomic E-state index is 13.5. The van der Waals surface area contributed by atoms with Crippen molar-refractivity contribution in [3.63, 3.8) is 0 Å². The molecule has 0 aliphatic rings. The number of thiocarbonyl (C=S) groups is 1. The number of rotatable bonds is 3. The van der Waals surface area contributed by atoms with E-state index in [0.717, 1.165) is 4.47 Å². The van der Waals surface area contributed by atoms with Gasteiger partial charge in [-0.15, -0.1) is 0 Å². The summed E-state index contributed by atoms with van der Waals surface area (Å²) < 4.78 is 14.2. The molecular formula is C9H9BrFNS. The molecule has 0 spiro atoms. The molecule has 1 aromatic rings. The van der Waals surface area contributed by atoms with Crippen molar-refractivity contribution in [2.45, 2.75) is 13.5 Å². The van der Waals surface area contributed by atoms with Gasteiger partial charge in [-0.25, -0.2) is 4.39 Å². The van der Waals surface area contributed by atoms with Crippen LogP contribution in [0.5, 0.6) is 0 Å². The summed E-state index contributed by atoms with van der Waals surface area (Å²) in [4.78, 5) is 0. The van der Waals surface area contributed by atoms with Crippen molar-refractivity contribution in [2.75, 3.05) is 0 Å². The second-order valence-corrected chi connectivity index (χ2v) is 3.75. The average molecular weight is 262 g/mol. The van der Waals surface area contributed by atoms with Crippen LogP contribution in [0.2, 0.25) is 0 Å². The van der Waals surface area contributed by atoms with Gasteiger partial charge >= 0.3 is 0 Å². The summed E-state index contributed by atoms with van der Waals surface area (Å²) in [6.45, 7) is 2.15. The van der Waals surface area contributed by atoms with Gasteiger partial charge in [0.25, 0.3) is 0 Å². The van der Waals surface area contributed by atoms with Gasteiger partial charge in [-0.3, -0.25) is 0 Å². The van der Waals surface area contributed by atoms with Crippen LogP contribution in [0.4, 0.5) is 4.39 Å². The Bertz CT molecular complexity index is 328. The van der Waals surface area contributed by atoms with E-state index in [9.17, 15) is 4.39 Å². The van der Waals surface area contributed by atoms with Crippen molar-refractivity contribution in [1.29, 1.82) is 0 Å². The summed E-state index contributed by atoms with van der Waals surface area (Å²) in [6.07, 6.45) is 0. The SMILES string of the molecule is Cc1ccc(Br)c(CNC=S)c1F. The smallest absolute Gasteiger partial charge is 0.132 e. The second-order valence-electron chi connectivity index (χ2n) is 2.66. The molecule has 1 N–H and O–H groups in total. The molecule has 0 bridgehead atoms. The first kappa shape index (κ1) is 10.6. The molecule has 1 rings (SSSR count). The lowest BCUT2D eigenvalue weighted by Crippen LogP contribution is -2.11. The van der Waals surface area contributed by atoms with Gasteiger partial charge in [0, 0.05) is 16.6 Å². The molecule has 0 amide bonds. The van der Waals surface area contributed by atoms with Gasteiger partial charge in [0.2, 0.25) is 0 Å². The topological polar surface area (TPSA) is 12.0 Å². The van der Waals surface area contributed by atoms with Crippen LogP contribution in [0.1, 0.15) is 11.1 Å². The molecule has 0 unspecified atom stereocenters. The van der Waals surface area contributed by atoms with E-state index in [1.165, 1.54) is 5.49 Å². The first-order valence-corrected chi connectivity index (χ1v) is 5.03. The number of nitrogens with one attached hydrogen (secondary N) is 1. The molecule has 0 radical (unpaired) electrons. The van der Waals surface area contributed by atoms with Crippen molar-refractivity contribution in [3.8, 4) is 0 Å². The summed E-state index contributed by atoms with van der Waals surface area (Å²) in [7, 11) is 0. The fourth-order valence-corrected chi connectivity index (χ4v) is 1.55. The maximum Gasteiger partial charge on any atom is 0.132 e. The normalized spacial score (nSPS) is 9.77. The molecule has 0 fully saturated rings. The standard InChI is InChI=1S/C9H9BrFNS/c1-6-2-3-8(10)7(9(6)11)4-12-5-13/h2-3,5H,4H2,1H3,(H,12,13). The van der Waals surface area contributed by atoms with Crippen LogP contribution in [0, 0.1) is 12.7 Å². The zero-order chi connectivity index (χ0) is 9.84. The van der Waals surface area contributed by atoms with Crippen molar-refractivity contribution in [2.24, 2.45) is 0 Å². The molecule has 0 aliphatic heterocycles. The van der Waals surface area contributed by atoms with Crippen molar-refractivity contribution < 1.29 is 4.39 Å². The van der Waals surface area contributed by atoms with E-state index in [0.29, 0.717) is 17.7 Å². The highest BCUT2D eigenvalue weighted by Gasteiger charge is 2.08. The molecule has 1 nitrogen and oxygen atoms in total. The van der Waals surface area contributed by atoms with Gasteiger partial charge in [-0.1, -0.05) is 34.2 Å². The van der Waals surface area contributed by atoms with Gasteiger partial charge in [0.05, 0.1) is 5.49 Å². The van der Waals surface area contributed by atoms with Crippen LogP contribution in [0.15, 0.2) is 16.6 Å². The number of aryl methyl sites for hydroxylation is 1. The van der Waals surface area contributed by atoms with Gasteiger partial charge in [-0.05, 0) is 18.6 Å². The van der Waals surface area contributed by atoms with Gasteiger partial charge in [0.1, 0.15) is 5.82 Å². The summed E-state index contributed by atoms with van der Waals surface area (Å²) in [5, 5.41) is 2.79. The molecule has 0 aromatic heterocycles. The third-order valence-corrected chi connectivity index (χ3v) is 2.65. The minimum absolute atomic E-state index is 0.182. The Hall–Kier alpha value is -0.480. The van der Waals surface area contributed by atoms with Crippen LogP contribution < -0.4 is 5.32 Å². The van der Waals surface area contributed by atoms with Crippen molar-refractivity contribution >= 4 is 33.6 Å². The summed E-state index contributed by atoms with van der Waals surface area (Å²) >= 11 is 7.88. The van der Waals surface area contributed by atoms with Gasteiger partial charge in [0.15, 0.2) is 0 Å². The first-order chi connectivity index (χ1) is 6.16. The molecule has 0 atom stereocenters. The van der Waals surface area contributed by atoms with E-state index in [-0.39, 0.29) is 5.82 Å². The van der Waals surface area contributed by atoms with Crippen LogP contribution in [0.25, 0.3) is 0 Å². The van der Waals surface area contributed by atoms with E-state index in [1.807, 2.05) is 6.07 Å². The Morgan fingerprint density at radius 2 is 2.31 bits per heavy atom. The van der Waals surface area contributed by atoms with E-state index in [2.05, 4.69) is 33.5 Å². The Balaban J connectivity index is 3.02. The number of halogens is 2. The lowest BCUT2D eigenvalue weighted by Gasteiger charge is -2.07. The Morgan fingerprint density at radius 3 is 2.92 bits per heavy atom. The first-order valence-electron chi connectivity index (χ1n) is 3.77. The van der Waals surface area contributed by atoms with Crippen LogP contribution in [0.3, 0.4) is 0 Å². The van der Waals surface area contributed by atoms with Crippen molar-refractivity contribution in [3.05, 3.63) is 33.5 Å². The third-order valence-electron chi connectivity index (χ3n) is 1.74. The maximum absolute atomic E-state index is 13.5. The van der Waals surface area contributed by atoms with E-state index >= 15 is 0 Å². The second kappa shape index (κ2) is 4.67. The predicted molar refractivity (Wildman–Crippen MR) is 59.3 cm³/mol.